The number of carboxylic acid groups (broad SMARTS) is 1. The molecule has 0 bridgehead atoms. The Hall–Kier alpha value is -2.54. The summed E-state index contributed by atoms with van der Waals surface area (Å²) in [5.41, 5.74) is 1.06. The molecule has 2 aromatic rings. The summed E-state index contributed by atoms with van der Waals surface area (Å²) in [7, 11) is 1.59. The minimum absolute atomic E-state index is 0.0346. The topological polar surface area (TPSA) is 90.7 Å². The minimum Gasteiger partial charge on any atom is -0.476 e. The van der Waals surface area contributed by atoms with Crippen molar-refractivity contribution in [3.63, 3.8) is 0 Å². The number of nitrogens with zero attached hydrogens (tertiary/aromatic N) is 2. The molecular weight excluding hydrogens is 300 g/mol. The zero-order valence-corrected chi connectivity index (χ0v) is 11.5. The molecule has 1 aromatic carbocycles. The van der Waals surface area contributed by atoms with Crippen molar-refractivity contribution in [3.8, 4) is 22.8 Å². The Balaban J connectivity index is 2.26. The van der Waals surface area contributed by atoms with Crippen LogP contribution in [-0.4, -0.2) is 33.9 Å². The molecule has 0 unspecified atom stereocenters. The lowest BCUT2D eigenvalue weighted by Crippen LogP contribution is -1.99. The van der Waals surface area contributed by atoms with Crippen molar-refractivity contribution >= 4 is 23.9 Å². The zero-order valence-electron chi connectivity index (χ0n) is 10.8. The number of halogens is 1. The summed E-state index contributed by atoms with van der Waals surface area (Å²) in [6, 6.07) is 2.83. The number of fused-ring (bicyclic) bond motifs is 1. The molecule has 1 aliphatic heterocycles. The van der Waals surface area contributed by atoms with Crippen LogP contribution in [0.3, 0.4) is 0 Å². The van der Waals surface area contributed by atoms with Gasteiger partial charge < -0.3 is 14.6 Å². The lowest BCUT2D eigenvalue weighted by atomic mass is 10.1. The van der Waals surface area contributed by atoms with Gasteiger partial charge in [-0.3, -0.25) is 9.48 Å². The third-order valence-electron chi connectivity index (χ3n) is 3.11. The number of benzene rings is 1. The molecule has 2 heterocycles. The highest BCUT2D eigenvalue weighted by molar-refractivity contribution is 6.34. The first-order chi connectivity index (χ1) is 10.0. The molecule has 108 valence electrons. The van der Waals surface area contributed by atoms with Crippen LogP contribution in [0.2, 0.25) is 5.02 Å². The predicted octanol–water partition coefficient (Wildman–Crippen LogP) is 1.98. The SMILES string of the molecule is Cn1nc(C(=O)O)cc1-c1c(Cl)cc(C=O)c2c1OCO2. The molecule has 0 fully saturated rings. The molecule has 21 heavy (non-hydrogen) atoms. The van der Waals surface area contributed by atoms with Gasteiger partial charge in [-0.15, -0.1) is 0 Å². The molecule has 0 amide bonds. The van der Waals surface area contributed by atoms with E-state index in [4.69, 9.17) is 26.2 Å². The first-order valence-electron chi connectivity index (χ1n) is 5.88. The summed E-state index contributed by atoms with van der Waals surface area (Å²) in [6.07, 6.45) is 0.620. The van der Waals surface area contributed by atoms with Gasteiger partial charge in [-0.2, -0.15) is 5.10 Å². The minimum atomic E-state index is -1.15. The largest absolute Gasteiger partial charge is 0.476 e. The predicted molar refractivity (Wildman–Crippen MR) is 72.1 cm³/mol. The fourth-order valence-electron chi connectivity index (χ4n) is 2.19. The number of hydrogen-bond donors (Lipinski definition) is 1. The molecule has 0 atom stereocenters. The van der Waals surface area contributed by atoms with E-state index in [-0.39, 0.29) is 23.1 Å². The lowest BCUT2D eigenvalue weighted by molar-refractivity contribution is 0.0689. The van der Waals surface area contributed by atoms with Crippen molar-refractivity contribution in [2.75, 3.05) is 6.79 Å². The van der Waals surface area contributed by atoms with Crippen LogP contribution >= 0.6 is 11.6 Å². The van der Waals surface area contributed by atoms with Crippen LogP contribution in [0.4, 0.5) is 0 Å². The first-order valence-corrected chi connectivity index (χ1v) is 6.25. The maximum Gasteiger partial charge on any atom is 0.356 e. The maximum absolute atomic E-state index is 11.0. The van der Waals surface area contributed by atoms with Crippen LogP contribution in [0.1, 0.15) is 20.8 Å². The number of carboxylic acids is 1. The summed E-state index contributed by atoms with van der Waals surface area (Å²) in [4.78, 5) is 22.0. The van der Waals surface area contributed by atoms with Crippen molar-refractivity contribution in [2.24, 2.45) is 7.05 Å². The lowest BCUT2D eigenvalue weighted by Gasteiger charge is -2.09. The van der Waals surface area contributed by atoms with E-state index in [1.807, 2.05) is 0 Å². The molecule has 8 heteroatoms. The van der Waals surface area contributed by atoms with E-state index in [9.17, 15) is 9.59 Å². The van der Waals surface area contributed by atoms with Crippen molar-refractivity contribution in [3.05, 3.63) is 28.4 Å². The van der Waals surface area contributed by atoms with Gasteiger partial charge in [-0.1, -0.05) is 11.6 Å². The molecule has 3 rings (SSSR count). The Morgan fingerprint density at radius 2 is 2.14 bits per heavy atom. The van der Waals surface area contributed by atoms with Gasteiger partial charge >= 0.3 is 5.97 Å². The Morgan fingerprint density at radius 3 is 2.76 bits per heavy atom. The summed E-state index contributed by atoms with van der Waals surface area (Å²) in [5, 5.41) is 13.1. The second kappa shape index (κ2) is 4.78. The number of aromatic nitrogens is 2. The van der Waals surface area contributed by atoms with E-state index in [1.165, 1.54) is 16.8 Å². The number of rotatable bonds is 3. The fraction of sp³-hybridized carbons (Fsp3) is 0.154. The molecule has 1 aliphatic rings. The Bertz CT molecular complexity index is 768. The van der Waals surface area contributed by atoms with Crippen molar-refractivity contribution in [1.29, 1.82) is 0 Å². The Labute approximate surface area is 123 Å². The standard InChI is InChI=1S/C13H9ClN2O5/c1-16-9(3-8(15-16)13(18)19)10-7(14)2-6(4-17)11-12(10)21-5-20-11/h2-4H,5H2,1H3,(H,18,19). The van der Waals surface area contributed by atoms with E-state index < -0.39 is 5.97 Å². The van der Waals surface area contributed by atoms with Crippen molar-refractivity contribution < 1.29 is 24.2 Å². The van der Waals surface area contributed by atoms with E-state index in [1.54, 1.807) is 7.05 Å². The average Bonchev–Trinajstić information content (AvgIpc) is 3.05. The number of ether oxygens (including phenoxy) is 2. The van der Waals surface area contributed by atoms with Crippen molar-refractivity contribution in [1.82, 2.24) is 9.78 Å². The molecular formula is C13H9ClN2O5. The third-order valence-corrected chi connectivity index (χ3v) is 3.40. The van der Waals surface area contributed by atoms with Gasteiger partial charge in [0.2, 0.25) is 6.79 Å². The maximum atomic E-state index is 11.0. The van der Waals surface area contributed by atoms with Gasteiger partial charge in [0.25, 0.3) is 0 Å². The molecule has 1 aromatic heterocycles. The van der Waals surface area contributed by atoms with E-state index in [0.29, 0.717) is 29.0 Å². The molecule has 7 nitrogen and oxygen atoms in total. The van der Waals surface area contributed by atoms with Gasteiger partial charge in [0.15, 0.2) is 23.5 Å². The third kappa shape index (κ3) is 2.02. The second-order valence-corrected chi connectivity index (χ2v) is 4.76. The molecule has 0 saturated carbocycles. The van der Waals surface area contributed by atoms with Gasteiger partial charge in [0.05, 0.1) is 21.8 Å². The van der Waals surface area contributed by atoms with Gasteiger partial charge in [0, 0.05) is 7.05 Å². The smallest absolute Gasteiger partial charge is 0.356 e. The number of carbonyl (C=O) groups is 2. The number of carbonyl (C=O) groups excluding carboxylic acids is 1. The van der Waals surface area contributed by atoms with Crippen LogP contribution in [0, 0.1) is 0 Å². The van der Waals surface area contributed by atoms with Gasteiger partial charge in [0.1, 0.15) is 0 Å². The first kappa shape index (κ1) is 13.4. The van der Waals surface area contributed by atoms with Crippen LogP contribution in [0.5, 0.6) is 11.5 Å². The normalized spacial score (nSPS) is 12.5. The summed E-state index contributed by atoms with van der Waals surface area (Å²) in [5.74, 6) is -0.543. The number of aldehydes is 1. The molecule has 1 N–H and O–H groups in total. The van der Waals surface area contributed by atoms with Crippen LogP contribution in [-0.2, 0) is 7.05 Å². The second-order valence-electron chi connectivity index (χ2n) is 4.35. The van der Waals surface area contributed by atoms with Gasteiger partial charge in [-0.25, -0.2) is 4.79 Å². The Morgan fingerprint density at radius 1 is 1.43 bits per heavy atom. The summed E-state index contributed by atoms with van der Waals surface area (Å²) >= 11 is 6.20. The van der Waals surface area contributed by atoms with E-state index in [2.05, 4.69) is 5.10 Å². The fourth-order valence-corrected chi connectivity index (χ4v) is 2.49. The van der Waals surface area contributed by atoms with E-state index >= 15 is 0 Å². The molecule has 0 radical (unpaired) electrons. The monoisotopic (exact) mass is 308 g/mol. The number of hydrogen-bond acceptors (Lipinski definition) is 5. The highest BCUT2D eigenvalue weighted by atomic mass is 35.5. The van der Waals surface area contributed by atoms with Crippen molar-refractivity contribution in [2.45, 2.75) is 0 Å². The molecule has 0 aliphatic carbocycles. The molecule has 0 spiro atoms. The average molecular weight is 309 g/mol. The van der Waals surface area contributed by atoms with E-state index in [0.717, 1.165) is 0 Å². The molecule has 0 saturated heterocycles. The highest BCUT2D eigenvalue weighted by Gasteiger charge is 2.28. The quantitative estimate of drug-likeness (QED) is 0.872. The van der Waals surface area contributed by atoms with Crippen LogP contribution in [0.15, 0.2) is 12.1 Å². The number of aromatic carboxylic acids is 1. The summed E-state index contributed by atoms with van der Waals surface area (Å²) < 4.78 is 12.0. The van der Waals surface area contributed by atoms with Crippen LogP contribution in [0.25, 0.3) is 11.3 Å². The van der Waals surface area contributed by atoms with Gasteiger partial charge in [-0.05, 0) is 12.1 Å². The highest BCUT2D eigenvalue weighted by Crippen LogP contribution is 2.47. The summed E-state index contributed by atoms with van der Waals surface area (Å²) in [6.45, 7) is -0.0346. The number of aryl methyl sites for hydroxylation is 1. The zero-order chi connectivity index (χ0) is 15.1. The Kier molecular flexibility index (Phi) is 3.06. The van der Waals surface area contributed by atoms with Crippen LogP contribution < -0.4 is 9.47 Å².